The summed E-state index contributed by atoms with van der Waals surface area (Å²) in [5, 5.41) is 7.08. The Labute approximate surface area is 163 Å². The summed E-state index contributed by atoms with van der Waals surface area (Å²) in [5.41, 5.74) is 1.33. The maximum Gasteiger partial charge on any atom is 0.387 e. The van der Waals surface area contributed by atoms with Crippen LogP contribution >= 0.6 is 11.6 Å². The van der Waals surface area contributed by atoms with Crippen molar-refractivity contribution in [3.05, 3.63) is 76.2 Å². The molecule has 0 atom stereocenters. The fourth-order valence-corrected chi connectivity index (χ4v) is 2.81. The maximum atomic E-state index is 13.2. The van der Waals surface area contributed by atoms with E-state index in [4.69, 9.17) is 11.6 Å². The molecule has 0 radical (unpaired) electrons. The second-order valence-corrected chi connectivity index (χ2v) is 6.30. The smallest absolute Gasteiger partial charge is 0.387 e. The number of para-hydroxylation sites is 1. The third kappa shape index (κ3) is 4.64. The minimum Gasteiger partial charge on any atom is -0.434 e. The molecule has 3 rings (SSSR count). The predicted molar refractivity (Wildman–Crippen MR) is 98.5 cm³/mol. The zero-order valence-electron chi connectivity index (χ0n) is 14.6. The van der Waals surface area contributed by atoms with Gasteiger partial charge in [-0.25, -0.2) is 4.39 Å². The third-order valence-electron chi connectivity index (χ3n) is 3.91. The molecule has 0 saturated carbocycles. The van der Waals surface area contributed by atoms with Gasteiger partial charge in [0.2, 0.25) is 0 Å². The molecule has 1 heterocycles. The number of hydrogen-bond donors (Lipinski definition) is 1. The van der Waals surface area contributed by atoms with Crippen LogP contribution in [0.3, 0.4) is 0 Å². The van der Waals surface area contributed by atoms with Gasteiger partial charge in [-0.2, -0.15) is 13.9 Å². The lowest BCUT2D eigenvalue weighted by atomic mass is 10.2. The molecule has 146 valence electrons. The van der Waals surface area contributed by atoms with Crippen molar-refractivity contribution in [2.24, 2.45) is 0 Å². The molecule has 0 aliphatic carbocycles. The number of amides is 1. The van der Waals surface area contributed by atoms with Crippen molar-refractivity contribution >= 4 is 23.3 Å². The molecule has 0 fully saturated rings. The van der Waals surface area contributed by atoms with E-state index >= 15 is 0 Å². The topological polar surface area (TPSA) is 56.1 Å². The Balaban J connectivity index is 1.77. The van der Waals surface area contributed by atoms with Crippen molar-refractivity contribution in [2.75, 3.05) is 5.32 Å². The molecule has 0 unspecified atom stereocenters. The molecule has 1 aromatic heterocycles. The van der Waals surface area contributed by atoms with Crippen LogP contribution in [0.4, 0.5) is 19.0 Å². The monoisotopic (exact) mass is 409 g/mol. The first-order valence-corrected chi connectivity index (χ1v) is 8.55. The number of nitrogens with one attached hydrogen (secondary N) is 1. The van der Waals surface area contributed by atoms with E-state index < -0.39 is 18.3 Å². The van der Waals surface area contributed by atoms with Crippen molar-refractivity contribution in [1.29, 1.82) is 0 Å². The van der Waals surface area contributed by atoms with Gasteiger partial charge in [-0.05, 0) is 36.8 Å². The molecule has 1 amide bonds. The van der Waals surface area contributed by atoms with Crippen LogP contribution in [0, 0.1) is 12.7 Å². The first kappa shape index (κ1) is 19.8. The summed E-state index contributed by atoms with van der Waals surface area (Å²) in [7, 11) is 0. The zero-order valence-corrected chi connectivity index (χ0v) is 15.4. The lowest BCUT2D eigenvalue weighted by Crippen LogP contribution is -2.15. The van der Waals surface area contributed by atoms with E-state index in [9.17, 15) is 18.0 Å². The molecular formula is C19H15ClF3N3O2. The average Bonchev–Trinajstić information content (AvgIpc) is 2.96. The summed E-state index contributed by atoms with van der Waals surface area (Å²) in [4.78, 5) is 12.4. The first-order chi connectivity index (χ1) is 13.3. The Bertz CT molecular complexity index is 1010. The summed E-state index contributed by atoms with van der Waals surface area (Å²) < 4.78 is 44.1. The number of halogens is 4. The zero-order chi connectivity index (χ0) is 20.3. The summed E-state index contributed by atoms with van der Waals surface area (Å²) in [6.07, 6.45) is 0. The molecule has 9 heteroatoms. The minimum atomic E-state index is -3.05. The van der Waals surface area contributed by atoms with Gasteiger partial charge in [0.25, 0.3) is 5.91 Å². The lowest BCUT2D eigenvalue weighted by Gasteiger charge is -2.10. The standard InChI is InChI=1S/C19H15ClF3N3O2/c1-11-8-17(25-26(11)10-12-6-7-13(21)9-15(12)20)24-18(27)14-4-2-3-5-16(14)28-19(22)23/h2-9,19H,10H2,1H3,(H,24,25,27). The number of aryl methyl sites for hydroxylation is 1. The van der Waals surface area contributed by atoms with Gasteiger partial charge in [-0.3, -0.25) is 9.48 Å². The highest BCUT2D eigenvalue weighted by atomic mass is 35.5. The number of aromatic nitrogens is 2. The van der Waals surface area contributed by atoms with Gasteiger partial charge in [-0.15, -0.1) is 0 Å². The second-order valence-electron chi connectivity index (χ2n) is 5.89. The largest absolute Gasteiger partial charge is 0.434 e. The lowest BCUT2D eigenvalue weighted by molar-refractivity contribution is -0.0501. The number of carbonyl (C=O) groups excluding carboxylic acids is 1. The average molecular weight is 410 g/mol. The van der Waals surface area contributed by atoms with E-state index in [1.54, 1.807) is 23.7 Å². The second kappa shape index (κ2) is 8.35. The molecule has 0 saturated heterocycles. The Kier molecular flexibility index (Phi) is 5.89. The van der Waals surface area contributed by atoms with E-state index in [0.717, 1.165) is 0 Å². The normalized spacial score (nSPS) is 10.9. The van der Waals surface area contributed by atoms with Crippen LogP contribution in [0.25, 0.3) is 0 Å². The van der Waals surface area contributed by atoms with Crippen LogP contribution in [0.15, 0.2) is 48.5 Å². The van der Waals surface area contributed by atoms with Crippen LogP contribution in [-0.4, -0.2) is 22.3 Å². The number of ether oxygens (including phenoxy) is 1. The molecule has 3 aromatic rings. The molecule has 0 aliphatic heterocycles. The number of alkyl halides is 2. The minimum absolute atomic E-state index is 0.0448. The van der Waals surface area contributed by atoms with Crippen LogP contribution < -0.4 is 10.1 Å². The molecule has 1 N–H and O–H groups in total. The molecule has 2 aromatic carbocycles. The highest BCUT2D eigenvalue weighted by molar-refractivity contribution is 6.31. The number of benzene rings is 2. The molecule has 5 nitrogen and oxygen atoms in total. The van der Waals surface area contributed by atoms with E-state index in [1.807, 2.05) is 0 Å². The summed E-state index contributed by atoms with van der Waals surface area (Å²) in [5.74, 6) is -1.08. The number of hydrogen-bond acceptors (Lipinski definition) is 3. The number of carbonyl (C=O) groups is 1. The first-order valence-electron chi connectivity index (χ1n) is 8.17. The molecule has 0 spiro atoms. The van der Waals surface area contributed by atoms with E-state index in [0.29, 0.717) is 11.3 Å². The van der Waals surface area contributed by atoms with Crippen molar-refractivity contribution in [1.82, 2.24) is 9.78 Å². The maximum absolute atomic E-state index is 13.2. The van der Waals surface area contributed by atoms with Crippen LogP contribution in [-0.2, 0) is 6.54 Å². The van der Waals surface area contributed by atoms with Gasteiger partial charge in [0.1, 0.15) is 11.6 Å². The van der Waals surface area contributed by atoms with Crippen molar-refractivity contribution < 1.29 is 22.7 Å². The Hall–Kier alpha value is -3.00. The van der Waals surface area contributed by atoms with Crippen LogP contribution in [0.2, 0.25) is 5.02 Å². The Morgan fingerprint density at radius 1 is 1.25 bits per heavy atom. The molecular weight excluding hydrogens is 395 g/mol. The van der Waals surface area contributed by atoms with Crippen LogP contribution in [0.1, 0.15) is 21.6 Å². The third-order valence-corrected chi connectivity index (χ3v) is 4.26. The SMILES string of the molecule is Cc1cc(NC(=O)c2ccccc2OC(F)F)nn1Cc1ccc(F)cc1Cl. The van der Waals surface area contributed by atoms with Gasteiger partial charge in [0.05, 0.1) is 12.1 Å². The van der Waals surface area contributed by atoms with E-state index in [1.165, 1.54) is 36.4 Å². The summed E-state index contributed by atoms with van der Waals surface area (Å²) >= 11 is 6.04. The van der Waals surface area contributed by atoms with Gasteiger partial charge < -0.3 is 10.1 Å². The van der Waals surface area contributed by atoms with Crippen molar-refractivity contribution in [3.63, 3.8) is 0 Å². The predicted octanol–water partition coefficient (Wildman–Crippen LogP) is 4.89. The molecule has 28 heavy (non-hydrogen) atoms. The fourth-order valence-electron chi connectivity index (χ4n) is 2.58. The highest BCUT2D eigenvalue weighted by Crippen LogP contribution is 2.23. The Morgan fingerprint density at radius 2 is 2.00 bits per heavy atom. The van der Waals surface area contributed by atoms with Gasteiger partial charge >= 0.3 is 6.61 Å². The van der Waals surface area contributed by atoms with E-state index in [-0.39, 0.29) is 28.7 Å². The quantitative estimate of drug-likeness (QED) is 0.631. The summed E-state index contributed by atoms with van der Waals surface area (Å²) in [6, 6.07) is 11.3. The fraction of sp³-hybridized carbons (Fsp3) is 0.158. The number of nitrogens with zero attached hydrogens (tertiary/aromatic N) is 2. The van der Waals surface area contributed by atoms with E-state index in [2.05, 4.69) is 15.2 Å². The van der Waals surface area contributed by atoms with Crippen LogP contribution in [0.5, 0.6) is 5.75 Å². The summed E-state index contributed by atoms with van der Waals surface area (Å²) in [6.45, 7) is -1.00. The van der Waals surface area contributed by atoms with Gasteiger partial charge in [0, 0.05) is 16.8 Å². The van der Waals surface area contributed by atoms with Gasteiger partial charge in [0.15, 0.2) is 5.82 Å². The van der Waals surface area contributed by atoms with Gasteiger partial charge in [-0.1, -0.05) is 29.8 Å². The number of anilines is 1. The Morgan fingerprint density at radius 3 is 2.71 bits per heavy atom. The highest BCUT2D eigenvalue weighted by Gasteiger charge is 2.17. The molecule has 0 aliphatic rings. The number of rotatable bonds is 6. The van der Waals surface area contributed by atoms with Crippen molar-refractivity contribution in [3.8, 4) is 5.75 Å². The van der Waals surface area contributed by atoms with Crippen molar-refractivity contribution in [2.45, 2.75) is 20.1 Å². The molecule has 0 bridgehead atoms.